The van der Waals surface area contributed by atoms with Crippen LogP contribution in [0.4, 0.5) is 5.82 Å². The Hall–Kier alpha value is -2.65. The molecule has 6 nitrogen and oxygen atoms in total. The van der Waals surface area contributed by atoms with Crippen LogP contribution in [0.5, 0.6) is 0 Å². The lowest BCUT2D eigenvalue weighted by molar-refractivity contribution is 0.102. The van der Waals surface area contributed by atoms with E-state index in [-0.39, 0.29) is 12.5 Å². The molecule has 6 heteroatoms. The Balaban J connectivity index is 2.13. The van der Waals surface area contributed by atoms with Gasteiger partial charge in [-0.25, -0.2) is 0 Å². The Morgan fingerprint density at radius 1 is 1.50 bits per heavy atom. The van der Waals surface area contributed by atoms with Gasteiger partial charge < -0.3 is 10.4 Å². The number of carbonyl (C=O) groups is 1. The Morgan fingerprint density at radius 3 is 3.05 bits per heavy atom. The predicted molar refractivity (Wildman–Crippen MR) is 74.0 cm³/mol. The number of pyridine rings is 1. The van der Waals surface area contributed by atoms with Crippen molar-refractivity contribution in [1.29, 1.82) is 0 Å². The highest BCUT2D eigenvalue weighted by Crippen LogP contribution is 2.08. The molecule has 0 fully saturated rings. The second-order valence-corrected chi connectivity index (χ2v) is 4.03. The molecule has 2 rings (SSSR count). The average Bonchev–Trinajstić information content (AvgIpc) is 2.85. The molecule has 0 aliphatic carbocycles. The van der Waals surface area contributed by atoms with Crippen molar-refractivity contribution in [2.45, 2.75) is 6.42 Å². The predicted octanol–water partition coefficient (Wildman–Crippen LogP) is 0.801. The summed E-state index contributed by atoms with van der Waals surface area (Å²) < 4.78 is 1.57. The number of aromatic nitrogens is 3. The van der Waals surface area contributed by atoms with Gasteiger partial charge in [0.25, 0.3) is 5.91 Å². The number of nitrogens with one attached hydrogen (secondary N) is 1. The largest absolute Gasteiger partial charge is 0.395 e. The molecule has 0 aliphatic rings. The molecule has 20 heavy (non-hydrogen) atoms. The maximum Gasteiger partial charge on any atom is 0.258 e. The van der Waals surface area contributed by atoms with Gasteiger partial charge in [-0.1, -0.05) is 11.8 Å². The van der Waals surface area contributed by atoms with E-state index < -0.39 is 0 Å². The molecule has 0 atom stereocenters. The summed E-state index contributed by atoms with van der Waals surface area (Å²) in [4.78, 5) is 16.1. The van der Waals surface area contributed by atoms with E-state index in [4.69, 9.17) is 5.11 Å². The van der Waals surface area contributed by atoms with E-state index in [1.165, 1.54) is 6.20 Å². The van der Waals surface area contributed by atoms with Crippen LogP contribution >= 0.6 is 0 Å². The normalized spacial score (nSPS) is 9.70. The van der Waals surface area contributed by atoms with Gasteiger partial charge in [0, 0.05) is 37.5 Å². The molecule has 1 amide bonds. The Morgan fingerprint density at radius 2 is 2.35 bits per heavy atom. The molecule has 0 bridgehead atoms. The summed E-state index contributed by atoms with van der Waals surface area (Å²) in [7, 11) is 1.74. The topological polar surface area (TPSA) is 80.0 Å². The first-order valence-corrected chi connectivity index (χ1v) is 6.05. The van der Waals surface area contributed by atoms with Crippen LogP contribution in [0.2, 0.25) is 0 Å². The molecule has 102 valence electrons. The summed E-state index contributed by atoms with van der Waals surface area (Å²) in [5.41, 5.74) is 1.05. The molecule has 2 aromatic rings. The Kier molecular flexibility index (Phi) is 4.47. The van der Waals surface area contributed by atoms with E-state index in [9.17, 15) is 4.79 Å². The van der Waals surface area contributed by atoms with E-state index in [2.05, 4.69) is 27.2 Å². The van der Waals surface area contributed by atoms with Crippen molar-refractivity contribution in [3.05, 3.63) is 41.9 Å². The number of aliphatic hydroxyl groups is 1. The number of aryl methyl sites for hydroxylation is 1. The number of carbonyl (C=O) groups excluding carboxylic acids is 1. The van der Waals surface area contributed by atoms with Gasteiger partial charge in [0.15, 0.2) is 0 Å². The zero-order valence-electron chi connectivity index (χ0n) is 11.0. The van der Waals surface area contributed by atoms with Crippen molar-refractivity contribution in [2.75, 3.05) is 11.9 Å². The fraction of sp³-hybridized carbons (Fsp3) is 0.214. The van der Waals surface area contributed by atoms with Crippen LogP contribution in [0, 0.1) is 11.8 Å². The number of aliphatic hydroxyl groups excluding tert-OH is 1. The van der Waals surface area contributed by atoms with Crippen LogP contribution in [-0.4, -0.2) is 32.4 Å². The lowest BCUT2D eigenvalue weighted by Crippen LogP contribution is -2.14. The van der Waals surface area contributed by atoms with Gasteiger partial charge in [-0.3, -0.25) is 14.5 Å². The maximum absolute atomic E-state index is 12.1. The number of nitrogens with zero attached hydrogens (tertiary/aromatic N) is 3. The Labute approximate surface area is 116 Å². The third-order valence-electron chi connectivity index (χ3n) is 2.53. The minimum absolute atomic E-state index is 0.0150. The van der Waals surface area contributed by atoms with E-state index in [0.29, 0.717) is 23.4 Å². The molecule has 0 spiro atoms. The number of hydrogen-bond donors (Lipinski definition) is 2. The van der Waals surface area contributed by atoms with E-state index in [0.717, 1.165) is 0 Å². The molecule has 0 aliphatic heterocycles. The van der Waals surface area contributed by atoms with Crippen LogP contribution in [-0.2, 0) is 7.05 Å². The summed E-state index contributed by atoms with van der Waals surface area (Å²) >= 11 is 0. The van der Waals surface area contributed by atoms with Gasteiger partial charge in [-0.05, 0) is 6.07 Å². The lowest BCUT2D eigenvalue weighted by atomic mass is 10.2. The van der Waals surface area contributed by atoms with Crippen molar-refractivity contribution < 1.29 is 9.90 Å². The van der Waals surface area contributed by atoms with Crippen LogP contribution in [0.25, 0.3) is 0 Å². The van der Waals surface area contributed by atoms with E-state index in [1.54, 1.807) is 36.3 Å². The number of rotatable bonds is 3. The summed E-state index contributed by atoms with van der Waals surface area (Å²) in [5.74, 6) is 5.96. The van der Waals surface area contributed by atoms with Gasteiger partial charge >= 0.3 is 0 Å². The third kappa shape index (κ3) is 3.43. The van der Waals surface area contributed by atoms with Crippen molar-refractivity contribution in [2.24, 2.45) is 7.05 Å². The third-order valence-corrected chi connectivity index (χ3v) is 2.53. The summed E-state index contributed by atoms with van der Waals surface area (Å²) in [6.07, 6.45) is 5.05. The molecule has 0 unspecified atom stereocenters. The van der Waals surface area contributed by atoms with Crippen molar-refractivity contribution >= 4 is 11.7 Å². The van der Waals surface area contributed by atoms with Gasteiger partial charge in [-0.15, -0.1) is 0 Å². The minimum atomic E-state index is -0.271. The van der Waals surface area contributed by atoms with Crippen molar-refractivity contribution in [3.63, 3.8) is 0 Å². The molecular formula is C14H14N4O2. The van der Waals surface area contributed by atoms with Crippen LogP contribution < -0.4 is 5.32 Å². The fourth-order valence-corrected chi connectivity index (χ4v) is 1.54. The molecule has 2 N–H and O–H groups in total. The smallest absolute Gasteiger partial charge is 0.258 e. The Bertz CT molecular complexity index is 667. The van der Waals surface area contributed by atoms with Crippen LogP contribution in [0.1, 0.15) is 22.3 Å². The second-order valence-electron chi connectivity index (χ2n) is 4.03. The lowest BCUT2D eigenvalue weighted by Gasteiger charge is -2.05. The number of amides is 1. The van der Waals surface area contributed by atoms with Crippen LogP contribution in [0.3, 0.4) is 0 Å². The standard InChI is InChI=1S/C14H14N4O2/c1-18-13(5-6-16-18)17-14(20)12-8-11(9-15-10-12)4-2-3-7-19/h5-6,8-10,19H,3,7H2,1H3,(H,17,20). The average molecular weight is 270 g/mol. The zero-order chi connectivity index (χ0) is 14.4. The van der Waals surface area contributed by atoms with Gasteiger partial charge in [0.2, 0.25) is 0 Å². The number of anilines is 1. The first kappa shape index (κ1) is 13.8. The summed E-state index contributed by atoms with van der Waals surface area (Å²) in [5, 5.41) is 15.4. The van der Waals surface area contributed by atoms with E-state index in [1.807, 2.05) is 0 Å². The number of hydrogen-bond acceptors (Lipinski definition) is 4. The van der Waals surface area contributed by atoms with Gasteiger partial charge in [0.05, 0.1) is 18.4 Å². The molecular weight excluding hydrogens is 256 g/mol. The molecule has 0 radical (unpaired) electrons. The van der Waals surface area contributed by atoms with Crippen molar-refractivity contribution in [1.82, 2.24) is 14.8 Å². The molecule has 2 heterocycles. The summed E-state index contributed by atoms with van der Waals surface area (Å²) in [6, 6.07) is 3.36. The summed E-state index contributed by atoms with van der Waals surface area (Å²) in [6.45, 7) is 0.0150. The monoisotopic (exact) mass is 270 g/mol. The van der Waals surface area contributed by atoms with Crippen LogP contribution in [0.15, 0.2) is 30.7 Å². The highest BCUT2D eigenvalue weighted by atomic mass is 16.2. The molecule has 0 saturated carbocycles. The molecule has 0 aromatic carbocycles. The fourth-order valence-electron chi connectivity index (χ4n) is 1.54. The first-order chi connectivity index (χ1) is 9.70. The molecule has 2 aromatic heterocycles. The van der Waals surface area contributed by atoms with Crippen molar-refractivity contribution in [3.8, 4) is 11.8 Å². The molecule has 0 saturated heterocycles. The SMILES string of the molecule is Cn1nccc1NC(=O)c1cncc(C#CCCO)c1. The minimum Gasteiger partial charge on any atom is -0.395 e. The highest BCUT2D eigenvalue weighted by molar-refractivity contribution is 6.03. The van der Waals surface area contributed by atoms with Gasteiger partial charge in [-0.2, -0.15) is 5.10 Å². The quantitative estimate of drug-likeness (QED) is 0.808. The van der Waals surface area contributed by atoms with Gasteiger partial charge in [0.1, 0.15) is 5.82 Å². The maximum atomic E-state index is 12.1. The first-order valence-electron chi connectivity index (χ1n) is 6.05. The zero-order valence-corrected chi connectivity index (χ0v) is 11.0. The highest BCUT2D eigenvalue weighted by Gasteiger charge is 2.08. The second kappa shape index (κ2) is 6.50. The van der Waals surface area contributed by atoms with E-state index >= 15 is 0 Å².